The zero-order valence-corrected chi connectivity index (χ0v) is 10.7. The van der Waals surface area contributed by atoms with Crippen molar-refractivity contribution < 1.29 is 4.79 Å². The van der Waals surface area contributed by atoms with Gasteiger partial charge in [-0.3, -0.25) is 4.79 Å². The van der Waals surface area contributed by atoms with Gasteiger partial charge in [0.25, 0.3) is 0 Å². The Hall–Kier alpha value is -0.0300. The van der Waals surface area contributed by atoms with Crippen molar-refractivity contribution in [3.63, 3.8) is 0 Å². The number of hydrogen-bond donors (Lipinski definition) is 1. The predicted molar refractivity (Wildman–Crippen MR) is 66.1 cm³/mol. The lowest BCUT2D eigenvalue weighted by atomic mass is 10.2. The first-order chi connectivity index (χ1) is 6.22. The van der Waals surface area contributed by atoms with Gasteiger partial charge in [0.1, 0.15) is 0 Å². The lowest BCUT2D eigenvalue weighted by Gasteiger charge is -1.95. The summed E-state index contributed by atoms with van der Waals surface area (Å²) in [5, 5.41) is 0. The lowest BCUT2D eigenvalue weighted by Crippen LogP contribution is -2.13. The molecule has 1 rings (SSSR count). The minimum Gasteiger partial charge on any atom is -0.324 e. The number of rotatable bonds is 4. The smallest absolute Gasteiger partial charge is 0.178 e. The Kier molecular flexibility index (Phi) is 6.44. The van der Waals surface area contributed by atoms with Crippen molar-refractivity contribution in [2.75, 3.05) is 12.8 Å². The van der Waals surface area contributed by atoms with Gasteiger partial charge in [-0.15, -0.1) is 35.5 Å². The van der Waals surface area contributed by atoms with Crippen LogP contribution in [0.5, 0.6) is 0 Å². The number of halogens is 1. The third-order valence-electron chi connectivity index (χ3n) is 1.77. The first-order valence-corrected chi connectivity index (χ1v) is 6.17. The standard InChI is InChI=1S/C9H13NOS2.ClH/c1-3-6-4-7(8(11)5-10)9(12-2)13-6;/h4H,3,5,10H2,1-2H3;1H. The maximum Gasteiger partial charge on any atom is 0.178 e. The molecule has 0 saturated carbocycles. The van der Waals surface area contributed by atoms with E-state index in [-0.39, 0.29) is 24.7 Å². The van der Waals surface area contributed by atoms with Gasteiger partial charge in [0.15, 0.2) is 5.78 Å². The van der Waals surface area contributed by atoms with Gasteiger partial charge < -0.3 is 5.73 Å². The summed E-state index contributed by atoms with van der Waals surface area (Å²) in [6, 6.07) is 1.96. The van der Waals surface area contributed by atoms with Crippen LogP contribution in [0.15, 0.2) is 10.3 Å². The molecule has 1 heterocycles. The molecule has 0 aromatic carbocycles. The molecule has 1 aromatic rings. The zero-order chi connectivity index (χ0) is 9.84. The molecule has 0 saturated heterocycles. The fraction of sp³-hybridized carbons (Fsp3) is 0.444. The van der Waals surface area contributed by atoms with Crippen molar-refractivity contribution in [3.8, 4) is 0 Å². The molecule has 0 spiro atoms. The zero-order valence-electron chi connectivity index (χ0n) is 8.20. The van der Waals surface area contributed by atoms with Crippen LogP contribution in [-0.2, 0) is 6.42 Å². The molecule has 0 aliphatic carbocycles. The molecule has 5 heteroatoms. The number of aryl methyl sites for hydroxylation is 1. The molecule has 0 amide bonds. The molecule has 14 heavy (non-hydrogen) atoms. The van der Waals surface area contributed by atoms with Crippen molar-refractivity contribution >= 4 is 41.3 Å². The van der Waals surface area contributed by atoms with Crippen LogP contribution in [0.1, 0.15) is 22.2 Å². The number of ketones is 1. The Morgan fingerprint density at radius 1 is 1.64 bits per heavy atom. The minimum absolute atomic E-state index is 0. The first-order valence-electron chi connectivity index (χ1n) is 4.12. The van der Waals surface area contributed by atoms with Crippen LogP contribution in [0.4, 0.5) is 0 Å². The van der Waals surface area contributed by atoms with Crippen LogP contribution in [0.2, 0.25) is 0 Å². The summed E-state index contributed by atoms with van der Waals surface area (Å²) in [6.07, 6.45) is 2.97. The summed E-state index contributed by atoms with van der Waals surface area (Å²) < 4.78 is 1.09. The summed E-state index contributed by atoms with van der Waals surface area (Å²) in [6.45, 7) is 2.19. The average molecular weight is 252 g/mol. The molecular weight excluding hydrogens is 238 g/mol. The molecule has 0 aliphatic rings. The highest BCUT2D eigenvalue weighted by Crippen LogP contribution is 2.31. The van der Waals surface area contributed by atoms with Crippen LogP contribution >= 0.6 is 35.5 Å². The minimum atomic E-state index is 0. The number of nitrogens with two attached hydrogens (primary N) is 1. The van der Waals surface area contributed by atoms with Gasteiger partial charge in [-0.2, -0.15) is 0 Å². The average Bonchev–Trinajstić information content (AvgIpc) is 2.59. The summed E-state index contributed by atoms with van der Waals surface area (Å²) in [5.74, 6) is 0.0419. The highest BCUT2D eigenvalue weighted by Gasteiger charge is 2.13. The molecular formula is C9H14ClNOS2. The van der Waals surface area contributed by atoms with E-state index in [1.54, 1.807) is 23.1 Å². The number of carbonyl (C=O) groups excluding carboxylic acids is 1. The van der Waals surface area contributed by atoms with Gasteiger partial charge in [0.2, 0.25) is 0 Å². The van der Waals surface area contributed by atoms with Gasteiger partial charge in [-0.25, -0.2) is 0 Å². The summed E-state index contributed by atoms with van der Waals surface area (Å²) in [4.78, 5) is 12.6. The van der Waals surface area contributed by atoms with Gasteiger partial charge >= 0.3 is 0 Å². The Morgan fingerprint density at radius 2 is 2.29 bits per heavy atom. The predicted octanol–water partition coefficient (Wildman–Crippen LogP) is 2.60. The highest BCUT2D eigenvalue weighted by atomic mass is 35.5. The fourth-order valence-electron chi connectivity index (χ4n) is 1.05. The van der Waals surface area contributed by atoms with Crippen LogP contribution in [0.25, 0.3) is 0 Å². The lowest BCUT2D eigenvalue weighted by molar-refractivity contribution is 0.0999. The van der Waals surface area contributed by atoms with Gasteiger partial charge in [0.05, 0.1) is 10.8 Å². The van der Waals surface area contributed by atoms with Gasteiger partial charge in [-0.1, -0.05) is 6.92 Å². The van der Waals surface area contributed by atoms with Crippen molar-refractivity contribution in [1.29, 1.82) is 0 Å². The fourth-order valence-corrected chi connectivity index (χ4v) is 2.94. The largest absolute Gasteiger partial charge is 0.324 e. The van der Waals surface area contributed by atoms with Crippen molar-refractivity contribution in [2.24, 2.45) is 5.73 Å². The molecule has 0 aliphatic heterocycles. The molecule has 0 unspecified atom stereocenters. The topological polar surface area (TPSA) is 43.1 Å². The third-order valence-corrected chi connectivity index (χ3v) is 4.18. The van der Waals surface area contributed by atoms with E-state index in [1.165, 1.54) is 4.88 Å². The van der Waals surface area contributed by atoms with E-state index in [1.807, 2.05) is 12.3 Å². The van der Waals surface area contributed by atoms with E-state index in [0.29, 0.717) is 0 Å². The Balaban J connectivity index is 0.00000169. The summed E-state index contributed by atoms with van der Waals surface area (Å²) in [5.41, 5.74) is 6.13. The Labute approximate surface area is 98.7 Å². The first kappa shape index (κ1) is 14.0. The molecule has 0 radical (unpaired) electrons. The van der Waals surface area contributed by atoms with E-state index in [9.17, 15) is 4.79 Å². The van der Waals surface area contributed by atoms with Crippen molar-refractivity contribution in [3.05, 3.63) is 16.5 Å². The number of hydrogen-bond acceptors (Lipinski definition) is 4. The summed E-state index contributed by atoms with van der Waals surface area (Å²) in [7, 11) is 0. The molecule has 2 nitrogen and oxygen atoms in total. The third kappa shape index (κ3) is 2.98. The second kappa shape index (κ2) is 6.45. The van der Waals surface area contributed by atoms with E-state index in [2.05, 4.69) is 6.92 Å². The number of carbonyl (C=O) groups is 1. The summed E-state index contributed by atoms with van der Waals surface area (Å²) >= 11 is 3.31. The molecule has 0 fully saturated rings. The van der Waals surface area contributed by atoms with Crippen LogP contribution in [0.3, 0.4) is 0 Å². The number of Topliss-reactive ketones (excluding diaryl/α,β-unsaturated/α-hetero) is 1. The maximum absolute atomic E-state index is 11.4. The van der Waals surface area contributed by atoms with Gasteiger partial charge in [-0.05, 0) is 18.7 Å². The van der Waals surface area contributed by atoms with Crippen LogP contribution in [-0.4, -0.2) is 18.6 Å². The molecule has 0 bridgehead atoms. The van der Waals surface area contributed by atoms with E-state index in [0.717, 1.165) is 16.2 Å². The molecule has 1 aromatic heterocycles. The molecule has 2 N–H and O–H groups in total. The van der Waals surface area contributed by atoms with Crippen LogP contribution in [0, 0.1) is 0 Å². The second-order valence-electron chi connectivity index (χ2n) is 2.60. The molecule has 80 valence electrons. The highest BCUT2D eigenvalue weighted by molar-refractivity contribution is 8.00. The SMILES string of the molecule is CCc1cc(C(=O)CN)c(SC)s1.Cl. The van der Waals surface area contributed by atoms with Crippen molar-refractivity contribution in [2.45, 2.75) is 17.6 Å². The quantitative estimate of drug-likeness (QED) is 0.661. The monoisotopic (exact) mass is 251 g/mol. The number of thioether (sulfide) groups is 1. The number of thiophene rings is 1. The van der Waals surface area contributed by atoms with Crippen LogP contribution < -0.4 is 5.73 Å². The van der Waals surface area contributed by atoms with E-state index in [4.69, 9.17) is 5.73 Å². The van der Waals surface area contributed by atoms with E-state index >= 15 is 0 Å². The Morgan fingerprint density at radius 3 is 2.71 bits per heavy atom. The van der Waals surface area contributed by atoms with Gasteiger partial charge in [0, 0.05) is 10.4 Å². The van der Waals surface area contributed by atoms with Crippen molar-refractivity contribution in [1.82, 2.24) is 0 Å². The Bertz CT molecular complexity index is 312. The normalized spacial score (nSPS) is 9.64. The van der Waals surface area contributed by atoms with E-state index < -0.39 is 0 Å². The molecule has 0 atom stereocenters. The second-order valence-corrected chi connectivity index (χ2v) is 4.81. The maximum atomic E-state index is 11.4.